The second-order valence-electron chi connectivity index (χ2n) is 5.52. The van der Waals surface area contributed by atoms with Crippen molar-refractivity contribution in [1.82, 2.24) is 5.16 Å². The summed E-state index contributed by atoms with van der Waals surface area (Å²) in [6.45, 7) is 4.95. The molecule has 140 valence electrons. The quantitative estimate of drug-likeness (QED) is 0.756. The van der Waals surface area contributed by atoms with Gasteiger partial charge in [0.1, 0.15) is 22.8 Å². The Morgan fingerprint density at radius 2 is 2.00 bits per heavy atom. The number of anilines is 1. The zero-order chi connectivity index (χ0) is 19.3. The van der Waals surface area contributed by atoms with Gasteiger partial charge in [-0.2, -0.15) is 0 Å². The van der Waals surface area contributed by atoms with Crippen molar-refractivity contribution in [2.24, 2.45) is 0 Å². The Morgan fingerprint density at radius 3 is 2.62 bits per heavy atom. The number of esters is 1. The van der Waals surface area contributed by atoms with Gasteiger partial charge in [-0.15, -0.1) is 0 Å². The molecule has 2 aromatic rings. The van der Waals surface area contributed by atoms with Crippen LogP contribution in [0.3, 0.4) is 0 Å². The predicted octanol–water partition coefficient (Wildman–Crippen LogP) is 2.75. The molecule has 0 aliphatic carbocycles. The van der Waals surface area contributed by atoms with E-state index in [1.54, 1.807) is 25.1 Å². The second-order valence-corrected chi connectivity index (χ2v) is 5.52. The zero-order valence-electron chi connectivity index (χ0n) is 15.4. The maximum absolute atomic E-state index is 12.4. The molecule has 0 bridgehead atoms. The maximum atomic E-state index is 12.4. The zero-order valence-corrected chi connectivity index (χ0v) is 15.4. The lowest BCUT2D eigenvalue weighted by Gasteiger charge is -2.16. The van der Waals surface area contributed by atoms with Crippen molar-refractivity contribution in [2.75, 3.05) is 19.5 Å². The van der Waals surface area contributed by atoms with Crippen LogP contribution in [0.2, 0.25) is 0 Å². The summed E-state index contributed by atoms with van der Waals surface area (Å²) in [5.41, 5.74) is 1.16. The van der Waals surface area contributed by atoms with Crippen LogP contribution in [-0.2, 0) is 16.0 Å². The molecule has 1 aromatic carbocycles. The third kappa shape index (κ3) is 4.14. The van der Waals surface area contributed by atoms with Crippen molar-refractivity contribution in [1.29, 1.82) is 0 Å². The Hall–Kier alpha value is -3.03. The van der Waals surface area contributed by atoms with E-state index in [0.29, 0.717) is 35.1 Å². The van der Waals surface area contributed by atoms with E-state index >= 15 is 0 Å². The summed E-state index contributed by atoms with van der Waals surface area (Å²) in [6, 6.07) is 4.99. The van der Waals surface area contributed by atoms with Crippen molar-refractivity contribution >= 4 is 17.6 Å². The van der Waals surface area contributed by atoms with Gasteiger partial charge in [0.15, 0.2) is 6.10 Å². The average Bonchev–Trinajstić information content (AvgIpc) is 3.02. The number of carbonyl (C=O) groups excluding carboxylic acids is 2. The molecular weight excluding hydrogens is 340 g/mol. The molecule has 26 heavy (non-hydrogen) atoms. The van der Waals surface area contributed by atoms with Crippen molar-refractivity contribution in [3.05, 3.63) is 35.2 Å². The summed E-state index contributed by atoms with van der Waals surface area (Å²) in [4.78, 5) is 24.8. The lowest BCUT2D eigenvalue weighted by molar-refractivity contribution is -0.123. The van der Waals surface area contributed by atoms with E-state index in [2.05, 4.69) is 10.5 Å². The van der Waals surface area contributed by atoms with E-state index in [-0.39, 0.29) is 5.56 Å². The Balaban J connectivity index is 2.10. The summed E-state index contributed by atoms with van der Waals surface area (Å²) in [6.07, 6.45) is -0.513. The highest BCUT2D eigenvalue weighted by Crippen LogP contribution is 2.29. The number of nitrogens with one attached hydrogen (secondary N) is 1. The SMILES string of the molecule is CCc1noc(C)c1C(=O)OC(C)C(=O)Nc1cc(OC)ccc1OC. The highest BCUT2D eigenvalue weighted by atomic mass is 16.5. The molecule has 0 saturated carbocycles. The van der Waals surface area contributed by atoms with E-state index in [4.69, 9.17) is 18.7 Å². The smallest absolute Gasteiger partial charge is 0.344 e. The maximum Gasteiger partial charge on any atom is 0.344 e. The van der Waals surface area contributed by atoms with Gasteiger partial charge in [-0.1, -0.05) is 12.1 Å². The van der Waals surface area contributed by atoms with Crippen molar-refractivity contribution in [3.8, 4) is 11.5 Å². The first kappa shape index (κ1) is 19.3. The first-order chi connectivity index (χ1) is 12.4. The number of amides is 1. The van der Waals surface area contributed by atoms with Crippen molar-refractivity contribution in [2.45, 2.75) is 33.3 Å². The van der Waals surface area contributed by atoms with Gasteiger partial charge in [0.25, 0.3) is 5.91 Å². The monoisotopic (exact) mass is 362 g/mol. The summed E-state index contributed by atoms with van der Waals surface area (Å²) < 4.78 is 20.6. The molecular formula is C18H22N2O6. The van der Waals surface area contributed by atoms with Crippen LogP contribution >= 0.6 is 0 Å². The number of rotatable bonds is 7. The van der Waals surface area contributed by atoms with Crippen LogP contribution in [0.15, 0.2) is 22.7 Å². The van der Waals surface area contributed by atoms with Gasteiger partial charge < -0.3 is 24.1 Å². The molecule has 1 aromatic heterocycles. The summed E-state index contributed by atoms with van der Waals surface area (Å²) in [5.74, 6) is 0.214. The number of hydrogen-bond donors (Lipinski definition) is 1. The minimum absolute atomic E-state index is 0.256. The van der Waals surface area contributed by atoms with Gasteiger partial charge in [0.2, 0.25) is 0 Å². The number of aryl methyl sites for hydroxylation is 2. The number of aromatic nitrogens is 1. The molecule has 0 aliphatic heterocycles. The Morgan fingerprint density at radius 1 is 1.27 bits per heavy atom. The largest absolute Gasteiger partial charge is 0.497 e. The molecule has 1 amide bonds. The molecule has 8 nitrogen and oxygen atoms in total. The fourth-order valence-electron chi connectivity index (χ4n) is 2.34. The van der Waals surface area contributed by atoms with Crippen LogP contribution in [0.5, 0.6) is 11.5 Å². The molecule has 0 radical (unpaired) electrons. The minimum atomic E-state index is -1.03. The molecule has 0 aliphatic rings. The molecule has 8 heteroatoms. The molecule has 1 unspecified atom stereocenters. The Labute approximate surface area is 151 Å². The van der Waals surface area contributed by atoms with Crippen LogP contribution in [0.4, 0.5) is 5.69 Å². The van der Waals surface area contributed by atoms with Gasteiger partial charge in [-0.05, 0) is 32.4 Å². The van der Waals surface area contributed by atoms with Crippen LogP contribution in [0.25, 0.3) is 0 Å². The van der Waals surface area contributed by atoms with Gasteiger partial charge in [0.05, 0.1) is 25.6 Å². The number of nitrogens with zero attached hydrogens (tertiary/aromatic N) is 1. The topological polar surface area (TPSA) is 99.9 Å². The summed E-state index contributed by atoms with van der Waals surface area (Å²) in [7, 11) is 3.01. The summed E-state index contributed by atoms with van der Waals surface area (Å²) >= 11 is 0. The molecule has 1 atom stereocenters. The summed E-state index contributed by atoms with van der Waals surface area (Å²) in [5, 5.41) is 6.48. The van der Waals surface area contributed by atoms with E-state index in [1.165, 1.54) is 21.1 Å². The van der Waals surface area contributed by atoms with Crippen LogP contribution in [0.1, 0.15) is 35.7 Å². The van der Waals surface area contributed by atoms with Gasteiger partial charge in [0, 0.05) is 6.07 Å². The fourth-order valence-corrected chi connectivity index (χ4v) is 2.34. The van der Waals surface area contributed by atoms with Crippen LogP contribution in [0, 0.1) is 6.92 Å². The number of benzene rings is 1. The van der Waals surface area contributed by atoms with Gasteiger partial charge in [-0.25, -0.2) is 4.79 Å². The first-order valence-corrected chi connectivity index (χ1v) is 8.10. The lowest BCUT2D eigenvalue weighted by atomic mass is 10.1. The van der Waals surface area contributed by atoms with Crippen LogP contribution < -0.4 is 14.8 Å². The highest BCUT2D eigenvalue weighted by Gasteiger charge is 2.25. The lowest BCUT2D eigenvalue weighted by Crippen LogP contribution is -2.30. The highest BCUT2D eigenvalue weighted by molar-refractivity contribution is 5.98. The van der Waals surface area contributed by atoms with E-state index in [1.807, 2.05) is 6.92 Å². The van der Waals surface area contributed by atoms with Crippen molar-refractivity contribution < 1.29 is 28.3 Å². The third-order valence-corrected chi connectivity index (χ3v) is 3.79. The predicted molar refractivity (Wildman–Crippen MR) is 93.7 cm³/mol. The molecule has 2 rings (SSSR count). The average molecular weight is 362 g/mol. The third-order valence-electron chi connectivity index (χ3n) is 3.79. The normalized spacial score (nSPS) is 11.6. The molecule has 0 saturated heterocycles. The standard InChI is InChI=1S/C18H22N2O6/c1-6-13-16(10(2)26-20-13)18(22)25-11(3)17(21)19-14-9-12(23-4)7-8-15(14)24-5/h7-9,11H,6H2,1-5H3,(H,19,21). The van der Waals surface area contributed by atoms with E-state index < -0.39 is 18.0 Å². The molecule has 1 heterocycles. The second kappa shape index (κ2) is 8.37. The molecule has 1 N–H and O–H groups in total. The molecule has 0 spiro atoms. The van der Waals surface area contributed by atoms with E-state index in [0.717, 1.165) is 0 Å². The fraction of sp³-hybridized carbons (Fsp3) is 0.389. The Bertz CT molecular complexity index is 799. The first-order valence-electron chi connectivity index (χ1n) is 8.10. The number of ether oxygens (including phenoxy) is 3. The minimum Gasteiger partial charge on any atom is -0.497 e. The van der Waals surface area contributed by atoms with Crippen LogP contribution in [-0.4, -0.2) is 37.4 Å². The number of carbonyl (C=O) groups is 2. The Kier molecular flexibility index (Phi) is 6.21. The molecule has 0 fully saturated rings. The van der Waals surface area contributed by atoms with Gasteiger partial charge in [-0.3, -0.25) is 4.79 Å². The van der Waals surface area contributed by atoms with Gasteiger partial charge >= 0.3 is 5.97 Å². The number of methoxy groups -OCH3 is 2. The van der Waals surface area contributed by atoms with Crippen molar-refractivity contribution in [3.63, 3.8) is 0 Å². The number of hydrogen-bond acceptors (Lipinski definition) is 7. The van der Waals surface area contributed by atoms with E-state index in [9.17, 15) is 9.59 Å².